The highest BCUT2D eigenvalue weighted by molar-refractivity contribution is 9.09. The summed E-state index contributed by atoms with van der Waals surface area (Å²) in [5, 5.41) is 0.975. The van der Waals surface area contributed by atoms with Gasteiger partial charge in [0.2, 0.25) is 18.3 Å². The van der Waals surface area contributed by atoms with Crippen LogP contribution in [0.3, 0.4) is 0 Å². The zero-order valence-corrected chi connectivity index (χ0v) is 11.6. The summed E-state index contributed by atoms with van der Waals surface area (Å²) in [7, 11) is 0. The molecule has 1 aliphatic heterocycles. The normalized spacial score (nSPS) is 15.8. The minimum absolute atomic E-state index is 0.0596. The molecule has 0 aliphatic carbocycles. The van der Waals surface area contributed by atoms with Crippen LogP contribution in [-0.4, -0.2) is 12.6 Å². The smallest absolute Gasteiger partial charge is 0.230 e. The van der Waals surface area contributed by atoms with Gasteiger partial charge in [-0.05, 0) is 23.8 Å². The van der Waals surface area contributed by atoms with E-state index in [9.17, 15) is 4.79 Å². The van der Waals surface area contributed by atoms with Crippen LogP contribution in [0.25, 0.3) is 0 Å². The molecule has 1 aromatic carbocycles. The molecule has 6 heteroatoms. The van der Waals surface area contributed by atoms with Crippen LogP contribution in [-0.2, 0) is 14.3 Å². The number of rotatable bonds is 3. The lowest BCUT2D eigenvalue weighted by molar-refractivity contribution is -0.118. The SMILES string of the molecule is O=C(C1=COCO1)C(Br)c1cc(Cl)ccc1Cl. The van der Waals surface area contributed by atoms with Gasteiger partial charge in [-0.3, -0.25) is 4.79 Å². The summed E-state index contributed by atoms with van der Waals surface area (Å²) < 4.78 is 9.84. The van der Waals surface area contributed by atoms with E-state index in [1.54, 1.807) is 18.2 Å². The van der Waals surface area contributed by atoms with E-state index in [4.69, 9.17) is 32.7 Å². The molecule has 1 atom stereocenters. The van der Waals surface area contributed by atoms with Crippen molar-refractivity contribution in [3.8, 4) is 0 Å². The van der Waals surface area contributed by atoms with E-state index in [-0.39, 0.29) is 18.3 Å². The molecule has 0 saturated heterocycles. The molecule has 1 aliphatic rings. The maximum absolute atomic E-state index is 12.0. The standard InChI is InChI=1S/C11H7BrCl2O3/c12-10(11(15)9-4-16-5-17-9)7-3-6(13)1-2-8(7)14/h1-4,10H,5H2. The lowest BCUT2D eigenvalue weighted by Crippen LogP contribution is -2.10. The van der Waals surface area contributed by atoms with Crippen molar-refractivity contribution in [3.05, 3.63) is 45.8 Å². The van der Waals surface area contributed by atoms with Crippen LogP contribution in [0.15, 0.2) is 30.2 Å². The Morgan fingerprint density at radius 1 is 1.41 bits per heavy atom. The van der Waals surface area contributed by atoms with Crippen LogP contribution in [0.5, 0.6) is 0 Å². The van der Waals surface area contributed by atoms with Crippen LogP contribution in [0.4, 0.5) is 0 Å². The average Bonchev–Trinajstić information content (AvgIpc) is 2.84. The molecular weight excluding hydrogens is 331 g/mol. The molecule has 1 heterocycles. The van der Waals surface area contributed by atoms with Crippen molar-refractivity contribution in [1.82, 2.24) is 0 Å². The third-order valence-electron chi connectivity index (χ3n) is 2.18. The monoisotopic (exact) mass is 336 g/mol. The molecule has 17 heavy (non-hydrogen) atoms. The predicted octanol–water partition coefficient (Wildman–Crippen LogP) is 3.84. The van der Waals surface area contributed by atoms with Crippen molar-refractivity contribution >= 4 is 44.9 Å². The highest BCUT2D eigenvalue weighted by atomic mass is 79.9. The number of ether oxygens (including phenoxy) is 2. The number of halogens is 3. The Morgan fingerprint density at radius 3 is 2.82 bits per heavy atom. The van der Waals surface area contributed by atoms with Crippen LogP contribution in [0.1, 0.15) is 10.4 Å². The number of carbonyl (C=O) groups excluding carboxylic acids is 1. The van der Waals surface area contributed by atoms with Crippen molar-refractivity contribution in [2.45, 2.75) is 4.83 Å². The molecule has 0 N–H and O–H groups in total. The van der Waals surface area contributed by atoms with Crippen molar-refractivity contribution in [2.75, 3.05) is 6.79 Å². The van der Waals surface area contributed by atoms with E-state index in [1.165, 1.54) is 6.26 Å². The Morgan fingerprint density at radius 2 is 2.18 bits per heavy atom. The molecule has 0 bridgehead atoms. The molecule has 1 aromatic rings. The fourth-order valence-corrected chi connectivity index (χ4v) is 2.49. The van der Waals surface area contributed by atoms with Gasteiger partial charge in [0.1, 0.15) is 11.1 Å². The van der Waals surface area contributed by atoms with Crippen LogP contribution < -0.4 is 0 Å². The first-order valence-corrected chi connectivity index (χ1v) is 6.34. The maximum atomic E-state index is 12.0. The number of allylic oxidation sites excluding steroid dienone is 1. The van der Waals surface area contributed by atoms with Gasteiger partial charge in [0.05, 0.1) is 0 Å². The molecule has 1 unspecified atom stereocenters. The Balaban J connectivity index is 2.27. The van der Waals surface area contributed by atoms with Crippen LogP contribution in [0.2, 0.25) is 10.0 Å². The van der Waals surface area contributed by atoms with E-state index in [2.05, 4.69) is 15.9 Å². The number of Topliss-reactive ketones (excluding diaryl/α,β-unsaturated/α-hetero) is 1. The van der Waals surface area contributed by atoms with Gasteiger partial charge in [-0.2, -0.15) is 0 Å². The topological polar surface area (TPSA) is 35.5 Å². The summed E-state index contributed by atoms with van der Waals surface area (Å²) in [4.78, 5) is 11.4. The van der Waals surface area contributed by atoms with E-state index < -0.39 is 4.83 Å². The Bertz CT molecular complexity index is 488. The van der Waals surface area contributed by atoms with Crippen molar-refractivity contribution in [1.29, 1.82) is 0 Å². The van der Waals surface area contributed by atoms with Gasteiger partial charge in [-0.25, -0.2) is 0 Å². The van der Waals surface area contributed by atoms with Crippen molar-refractivity contribution in [2.24, 2.45) is 0 Å². The van der Waals surface area contributed by atoms with Gasteiger partial charge in [0.25, 0.3) is 0 Å². The highest BCUT2D eigenvalue weighted by Gasteiger charge is 2.27. The van der Waals surface area contributed by atoms with Crippen LogP contribution in [0, 0.1) is 0 Å². The van der Waals surface area contributed by atoms with E-state index in [0.717, 1.165) is 0 Å². The molecule has 0 radical (unpaired) electrons. The first-order chi connectivity index (χ1) is 8.09. The summed E-state index contributed by atoms with van der Waals surface area (Å²) in [6.45, 7) is 0.0596. The van der Waals surface area contributed by atoms with Crippen LogP contribution >= 0.6 is 39.1 Å². The number of ketones is 1. The zero-order valence-electron chi connectivity index (χ0n) is 8.45. The summed E-state index contributed by atoms with van der Waals surface area (Å²) in [6.07, 6.45) is 1.29. The second-order valence-corrected chi connectivity index (χ2v) is 5.06. The zero-order chi connectivity index (χ0) is 12.4. The first-order valence-electron chi connectivity index (χ1n) is 4.67. The molecule has 0 spiro atoms. The molecule has 3 nitrogen and oxygen atoms in total. The Kier molecular flexibility index (Phi) is 3.97. The first kappa shape index (κ1) is 12.7. The Hall–Kier alpha value is -0.710. The minimum atomic E-state index is -0.610. The highest BCUT2D eigenvalue weighted by Crippen LogP contribution is 2.34. The molecule has 0 amide bonds. The number of hydrogen-bond acceptors (Lipinski definition) is 3. The lowest BCUT2D eigenvalue weighted by atomic mass is 10.1. The lowest BCUT2D eigenvalue weighted by Gasteiger charge is -2.11. The van der Waals surface area contributed by atoms with Gasteiger partial charge in [-0.15, -0.1) is 0 Å². The number of alkyl halides is 1. The molecule has 2 rings (SSSR count). The summed E-state index contributed by atoms with van der Waals surface area (Å²) in [5.74, 6) is -0.0883. The van der Waals surface area contributed by atoms with Gasteiger partial charge >= 0.3 is 0 Å². The summed E-state index contributed by atoms with van der Waals surface area (Å²) in [6, 6.07) is 4.94. The number of benzene rings is 1. The Labute approximate surface area is 116 Å². The summed E-state index contributed by atoms with van der Waals surface area (Å²) in [5.41, 5.74) is 0.598. The average molecular weight is 338 g/mol. The largest absolute Gasteiger partial charge is 0.461 e. The predicted molar refractivity (Wildman–Crippen MR) is 68.3 cm³/mol. The number of carbonyl (C=O) groups is 1. The maximum Gasteiger partial charge on any atom is 0.230 e. The molecule has 0 aromatic heterocycles. The van der Waals surface area contributed by atoms with E-state index in [0.29, 0.717) is 15.6 Å². The summed E-state index contributed by atoms with van der Waals surface area (Å²) >= 11 is 15.2. The van der Waals surface area contributed by atoms with Gasteiger partial charge in [0, 0.05) is 10.0 Å². The van der Waals surface area contributed by atoms with Gasteiger partial charge in [-0.1, -0.05) is 39.1 Å². The second kappa shape index (κ2) is 5.29. The number of hydrogen-bond donors (Lipinski definition) is 0. The van der Waals surface area contributed by atoms with Gasteiger partial charge < -0.3 is 9.47 Å². The third kappa shape index (κ3) is 2.76. The molecule has 0 fully saturated rings. The fourth-order valence-electron chi connectivity index (χ4n) is 1.35. The molecular formula is C11H7BrCl2O3. The van der Waals surface area contributed by atoms with Crippen molar-refractivity contribution in [3.63, 3.8) is 0 Å². The van der Waals surface area contributed by atoms with Gasteiger partial charge in [0.15, 0.2) is 0 Å². The minimum Gasteiger partial charge on any atom is -0.461 e. The molecule has 0 saturated carbocycles. The van der Waals surface area contributed by atoms with E-state index >= 15 is 0 Å². The quantitative estimate of drug-likeness (QED) is 0.786. The second-order valence-electron chi connectivity index (χ2n) is 3.30. The van der Waals surface area contributed by atoms with Crippen molar-refractivity contribution < 1.29 is 14.3 Å². The molecule has 90 valence electrons. The third-order valence-corrected chi connectivity index (χ3v) is 3.67. The fraction of sp³-hybridized carbons (Fsp3) is 0.182. The van der Waals surface area contributed by atoms with E-state index in [1.807, 2.05) is 0 Å².